The monoisotopic (exact) mass is 355 g/mol. The fourth-order valence-corrected chi connectivity index (χ4v) is 4.36. The molecular formula is C16H17N7OS. The number of rotatable bonds is 5. The van der Waals surface area contributed by atoms with Crippen LogP contribution >= 0.6 is 0 Å². The van der Waals surface area contributed by atoms with Crippen molar-refractivity contribution in [3.63, 3.8) is 0 Å². The fourth-order valence-electron chi connectivity index (χ4n) is 3.23. The second-order valence-electron chi connectivity index (χ2n) is 6.10. The van der Waals surface area contributed by atoms with E-state index in [0.717, 1.165) is 22.3 Å². The van der Waals surface area contributed by atoms with Crippen LogP contribution in [0, 0.1) is 11.3 Å². The van der Waals surface area contributed by atoms with E-state index >= 15 is 0 Å². The summed E-state index contributed by atoms with van der Waals surface area (Å²) in [7, 11) is 0. The minimum absolute atomic E-state index is 0.328. The lowest BCUT2D eigenvalue weighted by molar-refractivity contribution is 0.0719. The van der Waals surface area contributed by atoms with E-state index in [1.165, 1.54) is 6.33 Å². The summed E-state index contributed by atoms with van der Waals surface area (Å²) < 4.78 is 15.7. The minimum atomic E-state index is -0.993. The van der Waals surface area contributed by atoms with Gasteiger partial charge in [-0.25, -0.2) is 9.97 Å². The van der Waals surface area contributed by atoms with Gasteiger partial charge in [0.05, 0.1) is 37.5 Å². The number of H-pyrrole nitrogens is 1. The SMILES string of the molecule is CC[S+]([O-])N1CC(CC#N)(n2cc(-c3ncnc4[nH]ccc34)cn2)C1. The smallest absolute Gasteiger partial charge is 0.141 e. The molecule has 0 aromatic carbocycles. The molecule has 0 aliphatic carbocycles. The van der Waals surface area contributed by atoms with Crippen molar-refractivity contribution in [3.8, 4) is 17.3 Å². The van der Waals surface area contributed by atoms with E-state index in [1.54, 1.807) is 6.20 Å². The lowest BCUT2D eigenvalue weighted by Crippen LogP contribution is -2.64. The summed E-state index contributed by atoms with van der Waals surface area (Å²) in [5.41, 5.74) is 2.03. The van der Waals surface area contributed by atoms with Crippen LogP contribution < -0.4 is 0 Å². The molecule has 3 aromatic heterocycles. The topological polar surface area (TPSA) is 109 Å². The molecule has 1 N–H and O–H groups in total. The molecule has 9 heteroatoms. The summed E-state index contributed by atoms with van der Waals surface area (Å²) in [6.07, 6.45) is 7.35. The third kappa shape index (κ3) is 2.59. The molecule has 1 unspecified atom stereocenters. The maximum atomic E-state index is 12.0. The fraction of sp³-hybridized carbons (Fsp3) is 0.375. The van der Waals surface area contributed by atoms with Gasteiger partial charge in [-0.1, -0.05) is 0 Å². The summed E-state index contributed by atoms with van der Waals surface area (Å²) >= 11 is -0.993. The van der Waals surface area contributed by atoms with Crippen molar-refractivity contribution < 1.29 is 4.55 Å². The molecule has 1 fully saturated rings. The van der Waals surface area contributed by atoms with Crippen LogP contribution in [-0.4, -0.2) is 52.4 Å². The standard InChI is InChI=1S/C16H17N7OS/c1-2-25(24)22-9-16(10-22,4-5-17)23-8-12(7-21-23)14-13-3-6-18-15(13)20-11-19-14/h3,6-8,11H,2,4,9-10H2,1H3,(H,18,19,20). The zero-order valence-corrected chi connectivity index (χ0v) is 14.5. The van der Waals surface area contributed by atoms with Crippen molar-refractivity contribution in [1.29, 1.82) is 5.26 Å². The van der Waals surface area contributed by atoms with Gasteiger partial charge < -0.3 is 9.54 Å². The molecule has 0 amide bonds. The van der Waals surface area contributed by atoms with Gasteiger partial charge in [-0.3, -0.25) is 4.68 Å². The zero-order valence-electron chi connectivity index (χ0n) is 13.7. The first-order chi connectivity index (χ1) is 12.2. The van der Waals surface area contributed by atoms with E-state index in [2.05, 4.69) is 26.1 Å². The Morgan fingerprint density at radius 3 is 3.04 bits per heavy atom. The Labute approximate surface area is 147 Å². The number of hydrogen-bond donors (Lipinski definition) is 1. The number of aromatic amines is 1. The average molecular weight is 355 g/mol. The highest BCUT2D eigenvalue weighted by Crippen LogP contribution is 2.35. The molecule has 0 spiro atoms. The highest BCUT2D eigenvalue weighted by atomic mass is 32.2. The van der Waals surface area contributed by atoms with Crippen LogP contribution in [-0.2, 0) is 16.9 Å². The maximum Gasteiger partial charge on any atom is 0.141 e. The van der Waals surface area contributed by atoms with Gasteiger partial charge in [-0.05, 0) is 13.0 Å². The first-order valence-corrected chi connectivity index (χ1v) is 9.28. The van der Waals surface area contributed by atoms with Crippen LogP contribution in [0.2, 0.25) is 0 Å². The summed E-state index contributed by atoms with van der Waals surface area (Å²) in [6.45, 7) is 3.01. The number of aromatic nitrogens is 5. The largest absolute Gasteiger partial charge is 0.598 e. The number of nitrogens with zero attached hydrogens (tertiary/aromatic N) is 6. The summed E-state index contributed by atoms with van der Waals surface area (Å²) in [5, 5.41) is 14.7. The molecular weight excluding hydrogens is 338 g/mol. The average Bonchev–Trinajstić information content (AvgIpc) is 3.25. The lowest BCUT2D eigenvalue weighted by Gasteiger charge is -2.47. The molecule has 0 saturated carbocycles. The number of hydrogen-bond acceptors (Lipinski definition) is 6. The van der Waals surface area contributed by atoms with Crippen molar-refractivity contribution >= 4 is 22.4 Å². The summed E-state index contributed by atoms with van der Waals surface area (Å²) in [4.78, 5) is 11.7. The Morgan fingerprint density at radius 1 is 1.44 bits per heavy atom. The summed E-state index contributed by atoms with van der Waals surface area (Å²) in [5.74, 6) is 0.583. The quantitative estimate of drug-likeness (QED) is 0.693. The van der Waals surface area contributed by atoms with E-state index < -0.39 is 16.9 Å². The molecule has 8 nitrogen and oxygen atoms in total. The Balaban J connectivity index is 1.66. The third-order valence-corrected chi connectivity index (χ3v) is 5.91. The third-order valence-electron chi connectivity index (χ3n) is 4.58. The first kappa shape index (κ1) is 16.1. The van der Waals surface area contributed by atoms with Crippen molar-refractivity contribution in [2.24, 2.45) is 0 Å². The predicted octanol–water partition coefficient (Wildman–Crippen LogP) is 1.43. The van der Waals surface area contributed by atoms with Crippen LogP contribution in [0.3, 0.4) is 0 Å². The number of fused-ring (bicyclic) bond motifs is 1. The van der Waals surface area contributed by atoms with Crippen LogP contribution in [0.1, 0.15) is 13.3 Å². The summed E-state index contributed by atoms with van der Waals surface area (Å²) in [6, 6.07) is 4.18. The van der Waals surface area contributed by atoms with Gasteiger partial charge in [0, 0.05) is 34.7 Å². The molecule has 1 atom stereocenters. The highest BCUT2D eigenvalue weighted by Gasteiger charge is 2.50. The molecule has 128 valence electrons. The van der Waals surface area contributed by atoms with Gasteiger partial charge in [-0.2, -0.15) is 10.4 Å². The van der Waals surface area contributed by atoms with Gasteiger partial charge in [-0.15, -0.1) is 4.31 Å². The molecule has 1 saturated heterocycles. The van der Waals surface area contributed by atoms with E-state index in [0.29, 0.717) is 25.3 Å². The predicted molar refractivity (Wildman–Crippen MR) is 93.6 cm³/mol. The van der Waals surface area contributed by atoms with E-state index in [1.807, 2.05) is 34.4 Å². The lowest BCUT2D eigenvalue weighted by atomic mass is 9.89. The zero-order chi connectivity index (χ0) is 17.4. The number of nitrogens with one attached hydrogen (secondary N) is 1. The highest BCUT2D eigenvalue weighted by molar-refractivity contribution is 7.89. The van der Waals surface area contributed by atoms with Gasteiger partial charge >= 0.3 is 0 Å². The van der Waals surface area contributed by atoms with Gasteiger partial charge in [0.25, 0.3) is 0 Å². The van der Waals surface area contributed by atoms with Crippen molar-refractivity contribution in [2.75, 3.05) is 18.8 Å². The normalized spacial score (nSPS) is 18.0. The van der Waals surface area contributed by atoms with Crippen molar-refractivity contribution in [2.45, 2.75) is 18.9 Å². The van der Waals surface area contributed by atoms with E-state index in [9.17, 15) is 9.81 Å². The minimum Gasteiger partial charge on any atom is -0.598 e. The van der Waals surface area contributed by atoms with Crippen LogP contribution in [0.25, 0.3) is 22.3 Å². The molecule has 1 aliphatic rings. The van der Waals surface area contributed by atoms with E-state index in [4.69, 9.17) is 0 Å². The van der Waals surface area contributed by atoms with Gasteiger partial charge in [0.1, 0.15) is 23.3 Å². The Hall–Kier alpha value is -2.41. The van der Waals surface area contributed by atoms with Crippen LogP contribution in [0.15, 0.2) is 31.0 Å². The van der Waals surface area contributed by atoms with Crippen molar-refractivity contribution in [1.82, 2.24) is 29.0 Å². The second kappa shape index (κ2) is 6.15. The van der Waals surface area contributed by atoms with E-state index in [-0.39, 0.29) is 0 Å². The second-order valence-corrected chi connectivity index (χ2v) is 7.84. The molecule has 4 rings (SSSR count). The van der Waals surface area contributed by atoms with Gasteiger partial charge in [0.2, 0.25) is 0 Å². The number of nitriles is 1. The van der Waals surface area contributed by atoms with Crippen molar-refractivity contribution in [3.05, 3.63) is 31.0 Å². The molecule has 1 aliphatic heterocycles. The molecule has 4 heterocycles. The Kier molecular flexibility index (Phi) is 3.95. The Morgan fingerprint density at radius 2 is 2.28 bits per heavy atom. The Bertz CT molecular complexity index is 937. The van der Waals surface area contributed by atoms with Gasteiger partial charge in [0.15, 0.2) is 0 Å². The first-order valence-electron chi connectivity index (χ1n) is 8.01. The molecule has 0 radical (unpaired) electrons. The maximum absolute atomic E-state index is 12.0. The molecule has 0 bridgehead atoms. The van der Waals surface area contributed by atoms with Crippen LogP contribution in [0.4, 0.5) is 0 Å². The molecule has 25 heavy (non-hydrogen) atoms. The van der Waals surface area contributed by atoms with Crippen LogP contribution in [0.5, 0.6) is 0 Å². The molecule has 3 aromatic rings.